The summed E-state index contributed by atoms with van der Waals surface area (Å²) < 4.78 is 5.24. The molecule has 0 aliphatic heterocycles. The number of rotatable bonds is 7. The number of hydrogen-bond donors (Lipinski definition) is 1. The van der Waals surface area contributed by atoms with E-state index in [1.807, 2.05) is 54.8 Å². The molecule has 134 valence electrons. The van der Waals surface area contributed by atoms with Crippen molar-refractivity contribution in [1.29, 1.82) is 0 Å². The highest BCUT2D eigenvalue weighted by molar-refractivity contribution is 7.09. The topological polar surface area (TPSA) is 51.2 Å². The van der Waals surface area contributed by atoms with E-state index in [1.165, 1.54) is 0 Å². The minimum Gasteiger partial charge on any atom is -0.497 e. The van der Waals surface area contributed by atoms with Crippen LogP contribution in [0.5, 0.6) is 5.75 Å². The zero-order valence-corrected chi connectivity index (χ0v) is 15.8. The molecule has 0 saturated carbocycles. The third kappa shape index (κ3) is 4.70. The highest BCUT2D eigenvalue weighted by Gasteiger charge is 2.18. The van der Waals surface area contributed by atoms with Crippen molar-refractivity contribution in [3.8, 4) is 5.75 Å². The van der Waals surface area contributed by atoms with Crippen molar-refractivity contribution in [2.45, 2.75) is 25.8 Å². The number of hydrogen-bond acceptors (Lipinski definition) is 4. The number of methoxy groups -OCH3 is 1. The molecule has 0 saturated heterocycles. The van der Waals surface area contributed by atoms with Gasteiger partial charge in [0.05, 0.1) is 13.7 Å². The predicted molar refractivity (Wildman–Crippen MR) is 105 cm³/mol. The average Bonchev–Trinajstić information content (AvgIpc) is 3.10. The summed E-state index contributed by atoms with van der Waals surface area (Å²) in [6.07, 6.45) is 0.390. The molecule has 1 N–H and O–H groups in total. The summed E-state index contributed by atoms with van der Waals surface area (Å²) in [5.74, 6) is 0.826. The Balaban J connectivity index is 1.73. The summed E-state index contributed by atoms with van der Waals surface area (Å²) in [6.45, 7) is 2.43. The first-order valence-corrected chi connectivity index (χ1v) is 9.40. The molecule has 1 aromatic heterocycles. The highest BCUT2D eigenvalue weighted by Crippen LogP contribution is 2.29. The molecule has 0 spiro atoms. The maximum absolute atomic E-state index is 12.5. The molecule has 0 fully saturated rings. The van der Waals surface area contributed by atoms with Crippen molar-refractivity contribution < 1.29 is 9.53 Å². The van der Waals surface area contributed by atoms with Gasteiger partial charge < -0.3 is 10.1 Å². The summed E-state index contributed by atoms with van der Waals surface area (Å²) in [5.41, 5.74) is 3.20. The molecule has 0 bridgehead atoms. The normalized spacial score (nSPS) is 11.8. The van der Waals surface area contributed by atoms with Crippen LogP contribution in [0.15, 0.2) is 60.0 Å². The van der Waals surface area contributed by atoms with E-state index < -0.39 is 0 Å². The van der Waals surface area contributed by atoms with Gasteiger partial charge in [0.2, 0.25) is 5.91 Å². The van der Waals surface area contributed by atoms with Crippen molar-refractivity contribution in [2.24, 2.45) is 0 Å². The standard InChI is InChI=1S/C21H22N2O2S/c1-15-14-26-21(23-15)13-22-20(24)12-19(16-6-4-3-5-7-16)17-8-10-18(25-2)11-9-17/h3-11,14,19H,12-13H2,1-2H3,(H,22,24)/t19-/m0/s1. The quantitative estimate of drug-likeness (QED) is 0.678. The van der Waals surface area contributed by atoms with E-state index in [4.69, 9.17) is 4.74 Å². The van der Waals surface area contributed by atoms with Crippen molar-refractivity contribution in [1.82, 2.24) is 10.3 Å². The molecular formula is C21H22N2O2S. The summed E-state index contributed by atoms with van der Waals surface area (Å²) in [5, 5.41) is 5.91. The predicted octanol–water partition coefficient (Wildman–Crippen LogP) is 4.30. The Kier molecular flexibility index (Phi) is 6.02. The number of aromatic nitrogens is 1. The van der Waals surface area contributed by atoms with Crippen LogP contribution in [0.2, 0.25) is 0 Å². The van der Waals surface area contributed by atoms with Crippen LogP contribution in [0.4, 0.5) is 0 Å². The number of nitrogens with one attached hydrogen (secondary N) is 1. The molecule has 1 heterocycles. The zero-order valence-electron chi connectivity index (χ0n) is 14.9. The zero-order chi connectivity index (χ0) is 18.4. The Morgan fingerprint density at radius 1 is 1.12 bits per heavy atom. The first-order chi connectivity index (χ1) is 12.7. The van der Waals surface area contributed by atoms with Crippen LogP contribution in [0.3, 0.4) is 0 Å². The summed E-state index contributed by atoms with van der Waals surface area (Å²) in [4.78, 5) is 16.9. The van der Waals surface area contributed by atoms with Crippen molar-refractivity contribution in [3.05, 3.63) is 81.8 Å². The molecule has 0 radical (unpaired) electrons. The molecule has 26 heavy (non-hydrogen) atoms. The van der Waals surface area contributed by atoms with Crippen LogP contribution in [0, 0.1) is 6.92 Å². The molecule has 1 atom stereocenters. The van der Waals surface area contributed by atoms with Gasteiger partial charge in [-0.15, -0.1) is 11.3 Å². The number of carbonyl (C=O) groups excluding carboxylic acids is 1. The van der Waals surface area contributed by atoms with Crippen molar-refractivity contribution in [3.63, 3.8) is 0 Å². The van der Waals surface area contributed by atoms with Crippen LogP contribution in [0.1, 0.15) is 34.2 Å². The number of benzene rings is 2. The van der Waals surface area contributed by atoms with E-state index in [2.05, 4.69) is 22.4 Å². The van der Waals surface area contributed by atoms with Gasteiger partial charge >= 0.3 is 0 Å². The molecular weight excluding hydrogens is 344 g/mol. The van der Waals surface area contributed by atoms with Crippen LogP contribution >= 0.6 is 11.3 Å². The summed E-state index contributed by atoms with van der Waals surface area (Å²) in [6, 6.07) is 18.0. The monoisotopic (exact) mass is 366 g/mol. The van der Waals surface area contributed by atoms with Gasteiger partial charge in [0, 0.05) is 23.4 Å². The minimum absolute atomic E-state index is 0.000127. The van der Waals surface area contributed by atoms with Crippen LogP contribution in [-0.2, 0) is 11.3 Å². The van der Waals surface area contributed by atoms with Crippen LogP contribution in [-0.4, -0.2) is 18.0 Å². The molecule has 3 rings (SSSR count). The largest absolute Gasteiger partial charge is 0.497 e. The molecule has 3 aromatic rings. The number of thiazole rings is 1. The highest BCUT2D eigenvalue weighted by atomic mass is 32.1. The van der Waals surface area contributed by atoms with E-state index in [9.17, 15) is 4.79 Å². The van der Waals surface area contributed by atoms with E-state index in [0.29, 0.717) is 13.0 Å². The smallest absolute Gasteiger partial charge is 0.221 e. The number of nitrogens with zero attached hydrogens (tertiary/aromatic N) is 1. The van der Waals surface area contributed by atoms with Crippen molar-refractivity contribution in [2.75, 3.05) is 7.11 Å². The van der Waals surface area contributed by atoms with E-state index >= 15 is 0 Å². The lowest BCUT2D eigenvalue weighted by atomic mass is 9.88. The number of carbonyl (C=O) groups is 1. The third-order valence-electron chi connectivity index (χ3n) is 4.21. The van der Waals surface area contributed by atoms with Crippen molar-refractivity contribution >= 4 is 17.2 Å². The molecule has 1 amide bonds. The second-order valence-electron chi connectivity index (χ2n) is 6.10. The first-order valence-electron chi connectivity index (χ1n) is 8.52. The van der Waals surface area contributed by atoms with E-state index in [1.54, 1.807) is 18.4 Å². The summed E-state index contributed by atoms with van der Waals surface area (Å²) >= 11 is 1.57. The Hall–Kier alpha value is -2.66. The minimum atomic E-state index is 0.000127. The lowest BCUT2D eigenvalue weighted by Gasteiger charge is -2.18. The Bertz CT molecular complexity index is 844. The summed E-state index contributed by atoms with van der Waals surface area (Å²) in [7, 11) is 1.65. The average molecular weight is 366 g/mol. The fourth-order valence-corrected chi connectivity index (χ4v) is 3.58. The fraction of sp³-hybridized carbons (Fsp3) is 0.238. The van der Waals surface area contributed by atoms with Gasteiger partial charge in [-0.1, -0.05) is 42.5 Å². The molecule has 0 aliphatic rings. The molecule has 0 unspecified atom stereocenters. The lowest BCUT2D eigenvalue weighted by molar-refractivity contribution is -0.121. The van der Waals surface area contributed by atoms with Gasteiger partial charge in [-0.05, 0) is 30.2 Å². The molecule has 0 aliphatic carbocycles. The SMILES string of the molecule is COc1ccc([C@@H](CC(=O)NCc2nc(C)cs2)c2ccccc2)cc1. The third-order valence-corrected chi connectivity index (χ3v) is 5.18. The van der Waals surface area contributed by atoms with Gasteiger partial charge in [-0.3, -0.25) is 4.79 Å². The first kappa shape index (κ1) is 18.1. The number of ether oxygens (including phenoxy) is 1. The second-order valence-corrected chi connectivity index (χ2v) is 7.04. The molecule has 5 heteroatoms. The van der Waals surface area contributed by atoms with E-state index in [0.717, 1.165) is 27.6 Å². The van der Waals surface area contributed by atoms with Gasteiger partial charge in [0.1, 0.15) is 10.8 Å². The second kappa shape index (κ2) is 8.63. The number of amides is 1. The van der Waals surface area contributed by atoms with Gasteiger partial charge in [-0.25, -0.2) is 4.98 Å². The number of aryl methyl sites for hydroxylation is 1. The van der Waals surface area contributed by atoms with Gasteiger partial charge in [0.25, 0.3) is 0 Å². The van der Waals surface area contributed by atoms with E-state index in [-0.39, 0.29) is 11.8 Å². The molecule has 2 aromatic carbocycles. The van der Waals surface area contributed by atoms with Crippen LogP contribution in [0.25, 0.3) is 0 Å². The maximum Gasteiger partial charge on any atom is 0.221 e. The lowest BCUT2D eigenvalue weighted by Crippen LogP contribution is -2.25. The van der Waals surface area contributed by atoms with Gasteiger partial charge in [0.15, 0.2) is 0 Å². The Morgan fingerprint density at radius 3 is 2.42 bits per heavy atom. The molecule has 4 nitrogen and oxygen atoms in total. The van der Waals surface area contributed by atoms with Gasteiger partial charge in [-0.2, -0.15) is 0 Å². The Labute approximate surface area is 157 Å². The Morgan fingerprint density at radius 2 is 1.81 bits per heavy atom. The van der Waals surface area contributed by atoms with Crippen LogP contribution < -0.4 is 10.1 Å². The maximum atomic E-state index is 12.5. The fourth-order valence-electron chi connectivity index (χ4n) is 2.87.